The second-order valence-corrected chi connectivity index (χ2v) is 9.58. The molecule has 13 heteroatoms. The zero-order valence-electron chi connectivity index (χ0n) is 21.5. The van der Waals surface area contributed by atoms with Crippen molar-refractivity contribution in [1.82, 2.24) is 25.9 Å². The molecule has 0 saturated carbocycles. The fourth-order valence-electron chi connectivity index (χ4n) is 3.71. The molecule has 0 spiro atoms. The average molecular weight is 533 g/mol. The molecule has 208 valence electrons. The number of nitrogens with two attached hydrogens (primary N) is 1. The average Bonchev–Trinajstić information content (AvgIpc) is 3.35. The predicted octanol–water partition coefficient (Wildman–Crippen LogP) is -0.806. The number of benzene rings is 1. The van der Waals surface area contributed by atoms with E-state index in [0.717, 1.165) is 0 Å². The van der Waals surface area contributed by atoms with E-state index in [9.17, 15) is 34.5 Å². The highest BCUT2D eigenvalue weighted by atomic mass is 16.4. The maximum absolute atomic E-state index is 13.2. The molecule has 0 bridgehead atoms. The first kappa shape index (κ1) is 30.3. The number of imidazole rings is 1. The number of carboxylic acid groups (broad SMARTS) is 1. The minimum atomic E-state index is -1.42. The molecule has 1 aromatic carbocycles. The largest absolute Gasteiger partial charge is 0.508 e. The van der Waals surface area contributed by atoms with E-state index in [1.807, 2.05) is 13.8 Å². The summed E-state index contributed by atoms with van der Waals surface area (Å²) in [6.45, 7) is 5.07. The number of aliphatic hydroxyl groups is 1. The third-order valence-electron chi connectivity index (χ3n) is 5.73. The highest BCUT2D eigenvalue weighted by Gasteiger charge is 2.33. The normalized spacial score (nSPS) is 15.1. The van der Waals surface area contributed by atoms with Gasteiger partial charge in [0.2, 0.25) is 17.7 Å². The van der Waals surface area contributed by atoms with Gasteiger partial charge in [-0.25, -0.2) is 9.78 Å². The number of carbonyl (C=O) groups excluding carboxylic acids is 3. The lowest BCUT2D eigenvalue weighted by Crippen LogP contribution is -2.60. The molecule has 9 N–H and O–H groups in total. The number of aliphatic carboxylic acids is 1. The van der Waals surface area contributed by atoms with E-state index in [1.54, 1.807) is 12.1 Å². The van der Waals surface area contributed by atoms with Gasteiger partial charge in [0, 0.05) is 24.7 Å². The Morgan fingerprint density at radius 2 is 1.58 bits per heavy atom. The Morgan fingerprint density at radius 1 is 0.947 bits per heavy atom. The van der Waals surface area contributed by atoms with Crippen molar-refractivity contribution in [2.75, 3.05) is 0 Å². The molecule has 0 saturated heterocycles. The summed E-state index contributed by atoms with van der Waals surface area (Å²) in [4.78, 5) is 57.2. The van der Waals surface area contributed by atoms with E-state index >= 15 is 0 Å². The summed E-state index contributed by atoms with van der Waals surface area (Å²) in [7, 11) is 0. The van der Waals surface area contributed by atoms with Gasteiger partial charge in [-0.2, -0.15) is 0 Å². The standard InChI is InChI=1S/C25H36N6O7/c1-13(2)8-18(26)22(34)31-21(14(3)32)24(36)29-19(9-15-4-6-17(33)7-5-15)23(35)30-20(25(37)38)10-16-11-27-12-28-16/h4-7,11-14,18-21,32-33H,8-10,26H2,1-3H3,(H,27,28)(H,29,36)(H,30,35)(H,31,34)(H,37,38). The second kappa shape index (κ2) is 14.1. The van der Waals surface area contributed by atoms with Crippen LogP contribution in [0.4, 0.5) is 0 Å². The molecule has 0 radical (unpaired) electrons. The number of aliphatic hydroxyl groups excluding tert-OH is 1. The van der Waals surface area contributed by atoms with Crippen LogP contribution in [-0.2, 0) is 32.0 Å². The van der Waals surface area contributed by atoms with Gasteiger partial charge in [0.25, 0.3) is 0 Å². The van der Waals surface area contributed by atoms with Gasteiger partial charge in [0.1, 0.15) is 23.9 Å². The van der Waals surface area contributed by atoms with Gasteiger partial charge in [0.05, 0.1) is 18.5 Å². The molecule has 5 unspecified atom stereocenters. The van der Waals surface area contributed by atoms with Gasteiger partial charge in [-0.15, -0.1) is 0 Å². The molecule has 2 aromatic rings. The molecule has 3 amide bonds. The van der Waals surface area contributed by atoms with Crippen LogP contribution >= 0.6 is 0 Å². The third kappa shape index (κ3) is 9.48. The number of carboxylic acids is 1. The zero-order chi connectivity index (χ0) is 28.4. The molecule has 1 heterocycles. The lowest BCUT2D eigenvalue weighted by atomic mass is 10.0. The predicted molar refractivity (Wildman–Crippen MR) is 137 cm³/mol. The van der Waals surface area contributed by atoms with E-state index < -0.39 is 54.0 Å². The number of hydrogen-bond acceptors (Lipinski definition) is 8. The van der Waals surface area contributed by atoms with Crippen LogP contribution in [0.3, 0.4) is 0 Å². The Balaban J connectivity index is 2.23. The number of carbonyl (C=O) groups is 4. The number of H-pyrrole nitrogens is 1. The highest BCUT2D eigenvalue weighted by Crippen LogP contribution is 2.12. The minimum absolute atomic E-state index is 0.00102. The van der Waals surface area contributed by atoms with Crippen molar-refractivity contribution in [3.8, 4) is 5.75 Å². The summed E-state index contributed by atoms with van der Waals surface area (Å²) >= 11 is 0. The van der Waals surface area contributed by atoms with Crippen LogP contribution in [0.2, 0.25) is 0 Å². The number of amides is 3. The van der Waals surface area contributed by atoms with E-state index in [2.05, 4.69) is 25.9 Å². The first-order chi connectivity index (χ1) is 17.9. The number of nitrogens with one attached hydrogen (secondary N) is 4. The Bertz CT molecular complexity index is 1070. The molecule has 0 aliphatic rings. The fourth-order valence-corrected chi connectivity index (χ4v) is 3.71. The number of phenols is 1. The summed E-state index contributed by atoms with van der Waals surface area (Å²) in [5.41, 5.74) is 6.93. The van der Waals surface area contributed by atoms with Crippen LogP contribution < -0.4 is 21.7 Å². The molecule has 0 fully saturated rings. The maximum Gasteiger partial charge on any atom is 0.326 e. The van der Waals surface area contributed by atoms with Gasteiger partial charge in [-0.05, 0) is 37.0 Å². The van der Waals surface area contributed by atoms with Crippen LogP contribution in [0.25, 0.3) is 0 Å². The maximum atomic E-state index is 13.2. The van der Waals surface area contributed by atoms with Crippen LogP contribution in [0.5, 0.6) is 5.75 Å². The molecule has 1 aromatic heterocycles. The second-order valence-electron chi connectivity index (χ2n) is 9.58. The molecule has 13 nitrogen and oxygen atoms in total. The van der Waals surface area contributed by atoms with Crippen LogP contribution in [0, 0.1) is 5.92 Å². The molecule has 5 atom stereocenters. The first-order valence-corrected chi connectivity index (χ1v) is 12.2. The lowest BCUT2D eigenvalue weighted by Gasteiger charge is -2.26. The number of nitrogens with zero attached hydrogens (tertiary/aromatic N) is 1. The smallest absolute Gasteiger partial charge is 0.326 e. The molecular weight excluding hydrogens is 496 g/mol. The van der Waals surface area contributed by atoms with E-state index in [-0.39, 0.29) is 24.5 Å². The van der Waals surface area contributed by atoms with Crippen molar-refractivity contribution >= 4 is 23.7 Å². The highest BCUT2D eigenvalue weighted by molar-refractivity contribution is 5.94. The minimum Gasteiger partial charge on any atom is -0.508 e. The Morgan fingerprint density at radius 3 is 2.11 bits per heavy atom. The Labute approximate surface area is 220 Å². The number of aromatic amines is 1. The van der Waals surface area contributed by atoms with Gasteiger partial charge in [-0.3, -0.25) is 14.4 Å². The van der Waals surface area contributed by atoms with Gasteiger partial charge < -0.3 is 42.0 Å². The third-order valence-corrected chi connectivity index (χ3v) is 5.73. The number of aromatic hydroxyl groups is 1. The van der Waals surface area contributed by atoms with Gasteiger partial charge in [-0.1, -0.05) is 26.0 Å². The SMILES string of the molecule is CC(C)CC(N)C(=O)NC(C(=O)NC(Cc1ccc(O)cc1)C(=O)NC(Cc1cnc[nH]1)C(=O)O)C(C)O. The van der Waals surface area contributed by atoms with Crippen molar-refractivity contribution in [2.24, 2.45) is 11.7 Å². The van der Waals surface area contributed by atoms with Crippen molar-refractivity contribution in [1.29, 1.82) is 0 Å². The van der Waals surface area contributed by atoms with Crippen molar-refractivity contribution in [3.63, 3.8) is 0 Å². The molecule has 38 heavy (non-hydrogen) atoms. The fraction of sp³-hybridized carbons (Fsp3) is 0.480. The van der Waals surface area contributed by atoms with Gasteiger partial charge >= 0.3 is 5.97 Å². The molecule has 0 aliphatic heterocycles. The number of hydrogen-bond donors (Lipinski definition) is 8. The topological polar surface area (TPSA) is 220 Å². The summed E-state index contributed by atoms with van der Waals surface area (Å²) in [5.74, 6) is -3.47. The Kier molecular flexibility index (Phi) is 11.2. The van der Waals surface area contributed by atoms with Crippen LogP contribution in [0.1, 0.15) is 38.4 Å². The van der Waals surface area contributed by atoms with E-state index in [0.29, 0.717) is 17.7 Å². The number of phenolic OH excluding ortho intramolecular Hbond substituents is 1. The first-order valence-electron chi connectivity index (χ1n) is 12.2. The van der Waals surface area contributed by atoms with Crippen molar-refractivity contribution in [3.05, 3.63) is 48.0 Å². The number of rotatable bonds is 14. The molecule has 0 aliphatic carbocycles. The van der Waals surface area contributed by atoms with Crippen molar-refractivity contribution < 1.29 is 34.5 Å². The Hall–Kier alpha value is -3.97. The summed E-state index contributed by atoms with van der Waals surface area (Å²) in [6, 6.07) is 0.954. The number of aromatic nitrogens is 2. The van der Waals surface area contributed by atoms with Gasteiger partial charge in [0.15, 0.2) is 0 Å². The van der Waals surface area contributed by atoms with E-state index in [1.165, 1.54) is 31.6 Å². The van der Waals surface area contributed by atoms with Crippen LogP contribution in [-0.4, -0.2) is 79.2 Å². The summed E-state index contributed by atoms with van der Waals surface area (Å²) in [6.07, 6.45) is 1.69. The summed E-state index contributed by atoms with van der Waals surface area (Å²) in [5, 5.41) is 36.7. The van der Waals surface area contributed by atoms with Crippen LogP contribution in [0.15, 0.2) is 36.8 Å². The molecular formula is C25H36N6O7. The lowest BCUT2D eigenvalue weighted by molar-refractivity contribution is -0.142. The monoisotopic (exact) mass is 532 g/mol. The summed E-state index contributed by atoms with van der Waals surface area (Å²) < 4.78 is 0. The van der Waals surface area contributed by atoms with Crippen molar-refractivity contribution in [2.45, 2.75) is 70.3 Å². The van der Waals surface area contributed by atoms with E-state index in [4.69, 9.17) is 5.73 Å². The quantitative estimate of drug-likeness (QED) is 0.152. The molecule has 2 rings (SSSR count). The zero-order valence-corrected chi connectivity index (χ0v) is 21.5.